The minimum atomic E-state index is -0.798. The lowest BCUT2D eigenvalue weighted by Gasteiger charge is -2.33. The Hall–Kier alpha value is -0.620. The molecule has 2 rings (SSSR count). The van der Waals surface area contributed by atoms with Gasteiger partial charge in [0.2, 0.25) is 5.91 Å². The first-order valence-electron chi connectivity index (χ1n) is 6.45. The molecule has 0 spiro atoms. The number of carbonyl (C=O) groups excluding carboxylic acids is 1. The van der Waals surface area contributed by atoms with Crippen molar-refractivity contribution in [2.24, 2.45) is 5.73 Å². The Kier molecular flexibility index (Phi) is 6.45. The number of nitrogens with one attached hydrogen (secondary N) is 1. The molecule has 1 aromatic rings. The Morgan fingerprint density at radius 2 is 2.00 bits per heavy atom. The second-order valence-electron chi connectivity index (χ2n) is 4.99. The van der Waals surface area contributed by atoms with Crippen LogP contribution < -0.4 is 11.1 Å². The summed E-state index contributed by atoms with van der Waals surface area (Å²) >= 11 is 3.49. The summed E-state index contributed by atoms with van der Waals surface area (Å²) in [5.74, 6) is -0.0981. The molecule has 1 heterocycles. The zero-order valence-electron chi connectivity index (χ0n) is 11.4. The van der Waals surface area contributed by atoms with Gasteiger partial charge in [-0.25, -0.2) is 0 Å². The highest BCUT2D eigenvalue weighted by Gasteiger charge is 2.36. The van der Waals surface area contributed by atoms with Crippen LogP contribution in [0.1, 0.15) is 31.4 Å². The predicted molar refractivity (Wildman–Crippen MR) is 84.9 cm³/mol. The second-order valence-corrected chi connectivity index (χ2v) is 5.84. The standard InChI is InChI=1S/C14H19BrN2O2.ClH/c1-10(11-4-2-3-5-12(11)15)17-13(18)14(16)6-8-19-9-7-14;/h2-5,10H,6-9,16H2,1H3,(H,17,18);1H. The molecule has 1 saturated heterocycles. The maximum absolute atomic E-state index is 12.3. The van der Waals surface area contributed by atoms with E-state index in [0.717, 1.165) is 10.0 Å². The quantitative estimate of drug-likeness (QED) is 0.867. The maximum Gasteiger partial charge on any atom is 0.240 e. The van der Waals surface area contributed by atoms with Crippen LogP contribution in [-0.4, -0.2) is 24.7 Å². The molecule has 0 aliphatic carbocycles. The van der Waals surface area contributed by atoms with E-state index in [1.807, 2.05) is 31.2 Å². The van der Waals surface area contributed by atoms with Gasteiger partial charge in [0, 0.05) is 17.7 Å². The van der Waals surface area contributed by atoms with E-state index in [-0.39, 0.29) is 24.4 Å². The lowest BCUT2D eigenvalue weighted by molar-refractivity contribution is -0.130. The molecule has 112 valence electrons. The van der Waals surface area contributed by atoms with Crippen molar-refractivity contribution in [2.45, 2.75) is 31.3 Å². The SMILES string of the molecule is CC(NC(=O)C1(N)CCOCC1)c1ccccc1Br.Cl. The van der Waals surface area contributed by atoms with E-state index in [0.29, 0.717) is 26.1 Å². The summed E-state index contributed by atoms with van der Waals surface area (Å²) in [5, 5.41) is 3.00. The fourth-order valence-electron chi connectivity index (χ4n) is 2.21. The summed E-state index contributed by atoms with van der Waals surface area (Å²) in [5.41, 5.74) is 6.41. The van der Waals surface area contributed by atoms with Crippen LogP contribution in [0.3, 0.4) is 0 Å². The minimum absolute atomic E-state index is 0. The molecule has 1 aromatic carbocycles. The molecular formula is C14H20BrClN2O2. The summed E-state index contributed by atoms with van der Waals surface area (Å²) in [4.78, 5) is 12.3. The predicted octanol–water partition coefficient (Wildman–Crippen LogP) is 2.56. The molecule has 1 unspecified atom stereocenters. The molecule has 0 radical (unpaired) electrons. The summed E-state index contributed by atoms with van der Waals surface area (Å²) in [7, 11) is 0. The monoisotopic (exact) mass is 362 g/mol. The van der Waals surface area contributed by atoms with Crippen molar-refractivity contribution < 1.29 is 9.53 Å². The summed E-state index contributed by atoms with van der Waals surface area (Å²) < 4.78 is 6.24. The number of ether oxygens (including phenoxy) is 1. The summed E-state index contributed by atoms with van der Waals surface area (Å²) in [6.45, 7) is 3.06. The third kappa shape index (κ3) is 3.95. The van der Waals surface area contributed by atoms with E-state index in [4.69, 9.17) is 10.5 Å². The van der Waals surface area contributed by atoms with Crippen LogP contribution in [0.25, 0.3) is 0 Å². The first-order chi connectivity index (χ1) is 9.03. The van der Waals surface area contributed by atoms with Crippen molar-refractivity contribution in [3.8, 4) is 0 Å². The van der Waals surface area contributed by atoms with Crippen LogP contribution in [0.2, 0.25) is 0 Å². The van der Waals surface area contributed by atoms with Gasteiger partial charge in [0.15, 0.2) is 0 Å². The van der Waals surface area contributed by atoms with Crippen molar-refractivity contribution in [1.29, 1.82) is 0 Å². The van der Waals surface area contributed by atoms with E-state index in [9.17, 15) is 4.79 Å². The normalized spacial score (nSPS) is 18.8. The number of nitrogens with two attached hydrogens (primary N) is 1. The average molecular weight is 364 g/mol. The molecule has 0 saturated carbocycles. The summed E-state index contributed by atoms with van der Waals surface area (Å²) in [6.07, 6.45) is 1.14. The Balaban J connectivity index is 0.00000200. The molecule has 6 heteroatoms. The lowest BCUT2D eigenvalue weighted by atomic mass is 9.90. The summed E-state index contributed by atoms with van der Waals surface area (Å²) in [6, 6.07) is 7.78. The molecule has 1 aliphatic rings. The van der Waals surface area contributed by atoms with Crippen molar-refractivity contribution in [3.05, 3.63) is 34.3 Å². The van der Waals surface area contributed by atoms with Crippen molar-refractivity contribution >= 4 is 34.2 Å². The maximum atomic E-state index is 12.3. The zero-order valence-corrected chi connectivity index (χ0v) is 13.8. The highest BCUT2D eigenvalue weighted by Crippen LogP contribution is 2.24. The van der Waals surface area contributed by atoms with Crippen LogP contribution in [0.4, 0.5) is 0 Å². The van der Waals surface area contributed by atoms with Gasteiger partial charge in [-0.1, -0.05) is 34.1 Å². The molecule has 3 N–H and O–H groups in total. The number of amides is 1. The Bertz CT molecular complexity index is 464. The molecule has 1 amide bonds. The average Bonchev–Trinajstić information content (AvgIpc) is 2.40. The van der Waals surface area contributed by atoms with Gasteiger partial charge in [-0.3, -0.25) is 4.79 Å². The van der Waals surface area contributed by atoms with Gasteiger partial charge in [-0.2, -0.15) is 0 Å². The van der Waals surface area contributed by atoms with Crippen LogP contribution in [0.15, 0.2) is 28.7 Å². The van der Waals surface area contributed by atoms with Crippen LogP contribution >= 0.6 is 28.3 Å². The molecule has 1 aliphatic heterocycles. The topological polar surface area (TPSA) is 64.4 Å². The number of hydrogen-bond acceptors (Lipinski definition) is 3. The lowest BCUT2D eigenvalue weighted by Crippen LogP contribution is -2.57. The highest BCUT2D eigenvalue weighted by atomic mass is 79.9. The third-order valence-electron chi connectivity index (χ3n) is 3.56. The molecular weight excluding hydrogens is 344 g/mol. The second kappa shape index (κ2) is 7.41. The van der Waals surface area contributed by atoms with Gasteiger partial charge in [0.05, 0.1) is 11.6 Å². The fourth-order valence-corrected chi connectivity index (χ4v) is 2.84. The van der Waals surface area contributed by atoms with E-state index in [1.165, 1.54) is 0 Å². The van der Waals surface area contributed by atoms with Gasteiger partial charge < -0.3 is 15.8 Å². The number of carbonyl (C=O) groups is 1. The van der Waals surface area contributed by atoms with Gasteiger partial charge >= 0.3 is 0 Å². The molecule has 0 aromatic heterocycles. The van der Waals surface area contributed by atoms with Gasteiger partial charge in [-0.05, 0) is 31.4 Å². The number of rotatable bonds is 3. The number of benzene rings is 1. The van der Waals surface area contributed by atoms with E-state index >= 15 is 0 Å². The van der Waals surface area contributed by atoms with E-state index in [1.54, 1.807) is 0 Å². The molecule has 1 fully saturated rings. The minimum Gasteiger partial charge on any atom is -0.381 e. The van der Waals surface area contributed by atoms with Crippen molar-refractivity contribution in [1.82, 2.24) is 5.32 Å². The third-order valence-corrected chi connectivity index (χ3v) is 4.28. The molecule has 1 atom stereocenters. The van der Waals surface area contributed by atoms with E-state index < -0.39 is 5.54 Å². The fraction of sp³-hybridized carbons (Fsp3) is 0.500. The van der Waals surface area contributed by atoms with Crippen molar-refractivity contribution in [3.63, 3.8) is 0 Å². The molecule has 4 nitrogen and oxygen atoms in total. The Morgan fingerprint density at radius 1 is 1.40 bits per heavy atom. The molecule has 20 heavy (non-hydrogen) atoms. The number of halogens is 2. The van der Waals surface area contributed by atoms with Crippen molar-refractivity contribution in [2.75, 3.05) is 13.2 Å². The first-order valence-corrected chi connectivity index (χ1v) is 7.24. The smallest absolute Gasteiger partial charge is 0.240 e. The zero-order chi connectivity index (χ0) is 13.9. The Labute approximate surface area is 134 Å². The molecule has 0 bridgehead atoms. The highest BCUT2D eigenvalue weighted by molar-refractivity contribution is 9.10. The van der Waals surface area contributed by atoms with E-state index in [2.05, 4.69) is 21.2 Å². The Morgan fingerprint density at radius 3 is 2.60 bits per heavy atom. The van der Waals surface area contributed by atoms with Crippen LogP contribution in [0.5, 0.6) is 0 Å². The van der Waals surface area contributed by atoms with Crippen LogP contribution in [-0.2, 0) is 9.53 Å². The van der Waals surface area contributed by atoms with Gasteiger partial charge in [0.1, 0.15) is 0 Å². The number of hydrogen-bond donors (Lipinski definition) is 2. The first kappa shape index (κ1) is 17.4. The largest absolute Gasteiger partial charge is 0.381 e. The van der Waals surface area contributed by atoms with Gasteiger partial charge in [-0.15, -0.1) is 12.4 Å². The van der Waals surface area contributed by atoms with Gasteiger partial charge in [0.25, 0.3) is 0 Å². The van der Waals surface area contributed by atoms with Crippen LogP contribution in [0, 0.1) is 0 Å².